The quantitative estimate of drug-likeness (QED) is 0.393. The molecule has 9 heteroatoms. The predicted molar refractivity (Wildman–Crippen MR) is 124 cm³/mol. The second-order valence-electron chi connectivity index (χ2n) is 8.37. The van der Waals surface area contributed by atoms with E-state index in [9.17, 15) is 4.79 Å². The number of rotatable bonds is 5. The van der Waals surface area contributed by atoms with E-state index in [1.165, 1.54) is 0 Å². The van der Waals surface area contributed by atoms with Crippen LogP contribution < -0.4 is 4.74 Å². The summed E-state index contributed by atoms with van der Waals surface area (Å²) in [5.74, 6) is 2.68. The number of hydrogen-bond donors (Lipinski definition) is 1. The van der Waals surface area contributed by atoms with Gasteiger partial charge >= 0.3 is 0 Å². The summed E-state index contributed by atoms with van der Waals surface area (Å²) in [7, 11) is 0. The van der Waals surface area contributed by atoms with Crippen LogP contribution in [0.25, 0.3) is 33.3 Å². The minimum absolute atomic E-state index is 0.319. The van der Waals surface area contributed by atoms with Gasteiger partial charge in [-0.2, -0.15) is 5.10 Å². The minimum atomic E-state index is 0.319. The van der Waals surface area contributed by atoms with Crippen molar-refractivity contribution in [1.82, 2.24) is 29.7 Å². The Kier molecular flexibility index (Phi) is 4.62. The van der Waals surface area contributed by atoms with Gasteiger partial charge in [-0.05, 0) is 37.1 Å². The van der Waals surface area contributed by atoms with Crippen LogP contribution in [0.1, 0.15) is 18.7 Å². The van der Waals surface area contributed by atoms with Gasteiger partial charge in [-0.25, -0.2) is 9.97 Å². The van der Waals surface area contributed by atoms with Crippen molar-refractivity contribution in [3.8, 4) is 22.8 Å². The SMILES string of the molecule is Cc1nc2ccc(Oc3ccc4ncc(-c5cnn(CC6CC(=O)C6)c5)nc4c3Cl)cc2[nH]1. The van der Waals surface area contributed by atoms with Crippen LogP contribution >= 0.6 is 11.6 Å². The van der Waals surface area contributed by atoms with Gasteiger partial charge in [-0.1, -0.05) is 11.6 Å². The van der Waals surface area contributed by atoms with Crippen molar-refractivity contribution in [1.29, 1.82) is 0 Å². The zero-order valence-corrected chi connectivity index (χ0v) is 18.5. The highest BCUT2D eigenvalue weighted by molar-refractivity contribution is 6.36. The lowest BCUT2D eigenvalue weighted by Crippen LogP contribution is -2.27. The predicted octanol–water partition coefficient (Wildman–Crippen LogP) is 5.10. The Labute approximate surface area is 193 Å². The smallest absolute Gasteiger partial charge is 0.148 e. The lowest BCUT2D eigenvalue weighted by atomic mass is 9.84. The normalized spacial score (nSPS) is 14.2. The van der Waals surface area contributed by atoms with E-state index in [4.69, 9.17) is 21.3 Å². The van der Waals surface area contributed by atoms with Crippen LogP contribution in [0.2, 0.25) is 5.02 Å². The number of carbonyl (C=O) groups is 1. The molecule has 0 radical (unpaired) electrons. The number of hydrogen-bond acceptors (Lipinski definition) is 6. The number of ketones is 1. The summed E-state index contributed by atoms with van der Waals surface area (Å²) >= 11 is 6.69. The Hall–Kier alpha value is -3.78. The molecule has 0 saturated heterocycles. The first-order valence-corrected chi connectivity index (χ1v) is 11.0. The van der Waals surface area contributed by atoms with Crippen LogP contribution in [0.3, 0.4) is 0 Å². The first-order chi connectivity index (χ1) is 16.0. The number of aromatic nitrogens is 6. The third kappa shape index (κ3) is 3.72. The molecule has 0 atom stereocenters. The van der Waals surface area contributed by atoms with Crippen molar-refractivity contribution in [2.75, 3.05) is 0 Å². The number of carbonyl (C=O) groups excluding carboxylic acids is 1. The van der Waals surface area contributed by atoms with Crippen LogP contribution in [-0.2, 0) is 11.3 Å². The Balaban J connectivity index is 1.29. The van der Waals surface area contributed by atoms with Crippen molar-refractivity contribution >= 4 is 39.5 Å². The number of ether oxygens (including phenoxy) is 1. The zero-order valence-electron chi connectivity index (χ0n) is 17.7. The lowest BCUT2D eigenvalue weighted by Gasteiger charge is -2.23. The molecule has 1 fully saturated rings. The maximum Gasteiger partial charge on any atom is 0.148 e. The minimum Gasteiger partial charge on any atom is -0.456 e. The number of Topliss-reactive ketones (excluding diaryl/α,β-unsaturated/α-hetero) is 1. The summed E-state index contributed by atoms with van der Waals surface area (Å²) in [5.41, 5.74) is 4.53. The average molecular weight is 459 g/mol. The number of benzene rings is 2. The number of halogens is 1. The van der Waals surface area contributed by atoms with Crippen molar-refractivity contribution in [3.63, 3.8) is 0 Å². The van der Waals surface area contributed by atoms with Crippen molar-refractivity contribution in [3.05, 3.63) is 59.8 Å². The standard InChI is InChI=1S/C24H19ClN6O2/c1-13-28-18-3-2-17(8-20(18)29-13)33-22-5-4-19-24(23(22)25)30-21(10-26-19)15-9-27-31(12-15)11-14-6-16(32)7-14/h2-5,8-10,12,14H,6-7,11H2,1H3,(H,28,29). The lowest BCUT2D eigenvalue weighted by molar-refractivity contribution is -0.127. The number of nitrogens with zero attached hydrogens (tertiary/aromatic N) is 5. The van der Waals surface area contributed by atoms with Crippen LogP contribution in [0.4, 0.5) is 0 Å². The average Bonchev–Trinajstić information content (AvgIpc) is 3.40. The molecule has 5 aromatic rings. The van der Waals surface area contributed by atoms with E-state index < -0.39 is 0 Å². The van der Waals surface area contributed by atoms with Gasteiger partial charge in [0.25, 0.3) is 0 Å². The van der Waals surface area contributed by atoms with Crippen molar-refractivity contribution < 1.29 is 9.53 Å². The number of imidazole rings is 1. The molecular weight excluding hydrogens is 440 g/mol. The largest absolute Gasteiger partial charge is 0.456 e. The van der Waals surface area contributed by atoms with Crippen molar-refractivity contribution in [2.24, 2.45) is 5.92 Å². The molecule has 0 spiro atoms. The second kappa shape index (κ2) is 7.67. The summed E-state index contributed by atoms with van der Waals surface area (Å²) in [6.45, 7) is 2.64. The Bertz CT molecular complexity index is 1530. The second-order valence-corrected chi connectivity index (χ2v) is 8.75. The van der Waals surface area contributed by atoms with E-state index in [0.717, 1.165) is 29.0 Å². The van der Waals surface area contributed by atoms with Gasteiger partial charge < -0.3 is 9.72 Å². The number of aryl methyl sites for hydroxylation is 1. The van der Waals surface area contributed by atoms with Crippen LogP contribution in [-0.4, -0.2) is 35.5 Å². The maximum atomic E-state index is 11.2. The molecule has 2 aromatic carbocycles. The van der Waals surface area contributed by atoms with E-state index in [1.54, 1.807) is 18.5 Å². The molecule has 3 heterocycles. The molecule has 1 saturated carbocycles. The molecule has 1 aliphatic carbocycles. The van der Waals surface area contributed by atoms with E-state index in [-0.39, 0.29) is 0 Å². The van der Waals surface area contributed by atoms with Gasteiger partial charge in [0.2, 0.25) is 0 Å². The van der Waals surface area contributed by atoms with E-state index in [0.29, 0.717) is 57.8 Å². The summed E-state index contributed by atoms with van der Waals surface area (Å²) < 4.78 is 7.92. The molecule has 1 aliphatic rings. The molecule has 0 unspecified atom stereocenters. The van der Waals surface area contributed by atoms with Crippen LogP contribution in [0, 0.1) is 12.8 Å². The third-order valence-electron chi connectivity index (χ3n) is 5.82. The number of nitrogens with one attached hydrogen (secondary N) is 1. The molecule has 0 amide bonds. The van der Waals surface area contributed by atoms with Gasteiger partial charge in [-0.3, -0.25) is 14.5 Å². The molecule has 33 heavy (non-hydrogen) atoms. The first kappa shape index (κ1) is 19.9. The van der Waals surface area contributed by atoms with Crippen molar-refractivity contribution in [2.45, 2.75) is 26.3 Å². The fraction of sp³-hybridized carbons (Fsp3) is 0.208. The number of H-pyrrole nitrogens is 1. The third-order valence-corrected chi connectivity index (χ3v) is 6.19. The topological polar surface area (TPSA) is 98.6 Å². The Morgan fingerprint density at radius 1 is 1.15 bits per heavy atom. The monoisotopic (exact) mass is 458 g/mol. The highest BCUT2D eigenvalue weighted by atomic mass is 35.5. The highest BCUT2D eigenvalue weighted by Crippen LogP contribution is 2.35. The fourth-order valence-corrected chi connectivity index (χ4v) is 4.37. The summed E-state index contributed by atoms with van der Waals surface area (Å²) in [5, 5.41) is 4.81. The molecular formula is C24H19ClN6O2. The van der Waals surface area contributed by atoms with Crippen LogP contribution in [0.5, 0.6) is 11.5 Å². The van der Waals surface area contributed by atoms with Gasteiger partial charge in [0.1, 0.15) is 33.6 Å². The summed E-state index contributed by atoms with van der Waals surface area (Å²) in [6, 6.07) is 9.28. The molecule has 0 aliphatic heterocycles. The Morgan fingerprint density at radius 3 is 2.85 bits per heavy atom. The first-order valence-electron chi connectivity index (χ1n) is 10.7. The van der Waals surface area contributed by atoms with Gasteiger partial charge in [-0.15, -0.1) is 0 Å². The molecule has 0 bridgehead atoms. The Morgan fingerprint density at radius 2 is 2.00 bits per heavy atom. The van der Waals surface area contributed by atoms with Gasteiger partial charge in [0.15, 0.2) is 0 Å². The molecule has 164 valence electrons. The summed E-state index contributed by atoms with van der Waals surface area (Å²) in [4.78, 5) is 28.1. The van der Waals surface area contributed by atoms with E-state index >= 15 is 0 Å². The molecule has 1 N–H and O–H groups in total. The molecule has 3 aromatic heterocycles. The molecule has 6 rings (SSSR count). The van der Waals surface area contributed by atoms with E-state index in [1.807, 2.05) is 42.1 Å². The number of aromatic amines is 1. The number of fused-ring (bicyclic) bond motifs is 2. The van der Waals surface area contributed by atoms with Gasteiger partial charge in [0.05, 0.1) is 34.6 Å². The molecule has 8 nitrogen and oxygen atoms in total. The summed E-state index contributed by atoms with van der Waals surface area (Å²) in [6.07, 6.45) is 6.66. The fourth-order valence-electron chi connectivity index (χ4n) is 4.12. The van der Waals surface area contributed by atoms with Crippen LogP contribution in [0.15, 0.2) is 48.9 Å². The van der Waals surface area contributed by atoms with E-state index in [2.05, 4.69) is 20.1 Å². The van der Waals surface area contributed by atoms with Gasteiger partial charge in [0, 0.05) is 37.2 Å². The zero-order chi connectivity index (χ0) is 22.5. The maximum absolute atomic E-state index is 11.2. The highest BCUT2D eigenvalue weighted by Gasteiger charge is 2.26.